The zero-order chi connectivity index (χ0) is 18.7. The molecule has 3 heterocycles. The van der Waals surface area contributed by atoms with Gasteiger partial charge in [0.1, 0.15) is 5.75 Å². The summed E-state index contributed by atoms with van der Waals surface area (Å²) in [5.41, 5.74) is 1.09. The van der Waals surface area contributed by atoms with Gasteiger partial charge in [0.15, 0.2) is 0 Å². The molecule has 3 aliphatic heterocycles. The number of ether oxygens (including phenoxy) is 1. The summed E-state index contributed by atoms with van der Waals surface area (Å²) in [6.07, 6.45) is 2.35. The second-order valence-electron chi connectivity index (χ2n) is 7.53. The maximum atomic E-state index is 12.3. The van der Waals surface area contributed by atoms with Crippen LogP contribution in [0.15, 0.2) is 24.3 Å². The van der Waals surface area contributed by atoms with Crippen molar-refractivity contribution in [2.45, 2.75) is 32.0 Å². The number of alkyl halides is 2. The Morgan fingerprint density at radius 1 is 1.19 bits per heavy atom. The van der Waals surface area contributed by atoms with Crippen LogP contribution in [-0.4, -0.2) is 73.5 Å². The minimum absolute atomic E-state index is 0.146. The number of benzene rings is 1. The first-order valence-electron chi connectivity index (χ1n) is 9.11. The summed E-state index contributed by atoms with van der Waals surface area (Å²) in [5.74, 6) is 0.909. The predicted molar refractivity (Wildman–Crippen MR) is 95.1 cm³/mol. The van der Waals surface area contributed by atoms with Crippen molar-refractivity contribution >= 4 is 5.91 Å². The van der Waals surface area contributed by atoms with Gasteiger partial charge in [-0.25, -0.2) is 0 Å². The molecule has 0 saturated carbocycles. The highest BCUT2D eigenvalue weighted by Gasteiger charge is 2.35. The number of hydrogen-bond acceptors (Lipinski definition) is 4. The van der Waals surface area contributed by atoms with Gasteiger partial charge < -0.3 is 9.64 Å². The summed E-state index contributed by atoms with van der Waals surface area (Å²) in [6, 6.07) is 7.33. The van der Waals surface area contributed by atoms with Gasteiger partial charge in [0.2, 0.25) is 5.91 Å². The van der Waals surface area contributed by atoms with E-state index in [1.807, 2.05) is 12.1 Å². The summed E-state index contributed by atoms with van der Waals surface area (Å²) in [6.45, 7) is 1.38. The summed E-state index contributed by atoms with van der Waals surface area (Å²) >= 11 is 0. The summed E-state index contributed by atoms with van der Waals surface area (Å²) in [5, 5.41) is 0. The Morgan fingerprint density at radius 2 is 1.92 bits per heavy atom. The van der Waals surface area contributed by atoms with Gasteiger partial charge >= 0.3 is 6.61 Å². The average Bonchev–Trinajstić information content (AvgIpc) is 2.86. The van der Waals surface area contributed by atoms with Crippen LogP contribution >= 0.6 is 0 Å². The van der Waals surface area contributed by atoms with Crippen molar-refractivity contribution in [3.8, 4) is 5.75 Å². The lowest BCUT2D eigenvalue weighted by molar-refractivity contribution is -0.130. The van der Waals surface area contributed by atoms with Crippen molar-refractivity contribution in [2.75, 3.05) is 40.3 Å². The summed E-state index contributed by atoms with van der Waals surface area (Å²) in [4.78, 5) is 18.4. The normalized spacial score (nSPS) is 23.9. The van der Waals surface area contributed by atoms with Crippen LogP contribution in [0, 0.1) is 5.92 Å². The maximum Gasteiger partial charge on any atom is 0.387 e. The van der Waals surface area contributed by atoms with E-state index in [9.17, 15) is 13.6 Å². The van der Waals surface area contributed by atoms with Gasteiger partial charge in [0.25, 0.3) is 0 Å². The molecular formula is C19H27F2N3O2. The van der Waals surface area contributed by atoms with Crippen LogP contribution in [0.25, 0.3) is 0 Å². The van der Waals surface area contributed by atoms with Gasteiger partial charge in [-0.2, -0.15) is 8.78 Å². The van der Waals surface area contributed by atoms with Gasteiger partial charge in [0, 0.05) is 46.3 Å². The van der Waals surface area contributed by atoms with Crippen LogP contribution in [0.5, 0.6) is 5.75 Å². The molecule has 3 aliphatic rings. The number of hydrogen-bond donors (Lipinski definition) is 0. The van der Waals surface area contributed by atoms with Gasteiger partial charge in [-0.3, -0.25) is 14.6 Å². The van der Waals surface area contributed by atoms with Crippen molar-refractivity contribution in [2.24, 2.45) is 5.92 Å². The average molecular weight is 367 g/mol. The molecule has 2 atom stereocenters. The molecule has 2 bridgehead atoms. The Morgan fingerprint density at radius 3 is 2.58 bits per heavy atom. The zero-order valence-electron chi connectivity index (χ0n) is 15.4. The first-order valence-corrected chi connectivity index (χ1v) is 9.11. The van der Waals surface area contributed by atoms with E-state index in [0.29, 0.717) is 18.5 Å². The van der Waals surface area contributed by atoms with Gasteiger partial charge in [-0.05, 0) is 36.5 Å². The molecule has 0 unspecified atom stereocenters. The molecule has 3 saturated heterocycles. The molecule has 144 valence electrons. The number of carbonyl (C=O) groups excluding carboxylic acids is 1. The van der Waals surface area contributed by atoms with Crippen LogP contribution in [0.4, 0.5) is 8.78 Å². The molecule has 26 heavy (non-hydrogen) atoms. The van der Waals surface area contributed by atoms with E-state index in [0.717, 1.165) is 38.2 Å². The van der Waals surface area contributed by atoms with E-state index >= 15 is 0 Å². The minimum Gasteiger partial charge on any atom is -0.435 e. The number of piperidine rings is 1. The van der Waals surface area contributed by atoms with Crippen LogP contribution in [0.2, 0.25) is 0 Å². The smallest absolute Gasteiger partial charge is 0.387 e. The number of rotatable bonds is 6. The van der Waals surface area contributed by atoms with Gasteiger partial charge in [0.05, 0.1) is 6.54 Å². The predicted octanol–water partition coefficient (Wildman–Crippen LogP) is 2.27. The SMILES string of the molecule is CN(C)C(=O)CN1C[C@@H]2CC[C@H](C1)N(Cc1ccc(OC(F)F)cc1)C2. The largest absolute Gasteiger partial charge is 0.435 e. The molecule has 7 heteroatoms. The fraction of sp³-hybridized carbons (Fsp3) is 0.632. The lowest BCUT2D eigenvalue weighted by Gasteiger charge is -2.36. The Labute approximate surface area is 153 Å². The third kappa shape index (κ3) is 4.92. The number of amides is 1. The second-order valence-corrected chi connectivity index (χ2v) is 7.53. The summed E-state index contributed by atoms with van der Waals surface area (Å²) in [7, 11) is 3.59. The number of fused-ring (bicyclic) bond motifs is 4. The minimum atomic E-state index is -2.79. The van der Waals surface area contributed by atoms with Crippen molar-refractivity contribution < 1.29 is 18.3 Å². The van der Waals surface area contributed by atoms with Crippen LogP contribution < -0.4 is 4.74 Å². The Balaban J connectivity index is 1.60. The summed E-state index contributed by atoms with van der Waals surface area (Å²) < 4.78 is 28.9. The topological polar surface area (TPSA) is 36.0 Å². The van der Waals surface area contributed by atoms with E-state index in [2.05, 4.69) is 14.5 Å². The van der Waals surface area contributed by atoms with Gasteiger partial charge in [-0.1, -0.05) is 12.1 Å². The molecular weight excluding hydrogens is 340 g/mol. The third-order valence-electron chi connectivity index (χ3n) is 5.29. The first-order chi connectivity index (χ1) is 12.4. The number of likely N-dealkylation sites (N-methyl/N-ethyl adjacent to an activating group) is 1. The number of nitrogens with zero attached hydrogens (tertiary/aromatic N) is 3. The second kappa shape index (κ2) is 8.31. The highest BCUT2D eigenvalue weighted by Crippen LogP contribution is 2.29. The molecule has 5 nitrogen and oxygen atoms in total. The van der Waals surface area contributed by atoms with E-state index in [1.165, 1.54) is 6.42 Å². The molecule has 3 fully saturated rings. The fourth-order valence-electron chi connectivity index (χ4n) is 3.94. The Bertz CT molecular complexity index is 609. The van der Waals surface area contributed by atoms with Crippen molar-refractivity contribution in [3.05, 3.63) is 29.8 Å². The van der Waals surface area contributed by atoms with Crippen molar-refractivity contribution in [1.29, 1.82) is 0 Å². The van der Waals surface area contributed by atoms with Crippen molar-refractivity contribution in [3.63, 3.8) is 0 Å². The molecule has 4 rings (SSSR count). The zero-order valence-corrected chi connectivity index (χ0v) is 15.4. The van der Waals surface area contributed by atoms with E-state index in [-0.39, 0.29) is 11.7 Å². The van der Waals surface area contributed by atoms with E-state index < -0.39 is 6.61 Å². The molecule has 0 aromatic heterocycles. The Kier molecular flexibility index (Phi) is 6.09. The van der Waals surface area contributed by atoms with Crippen LogP contribution in [0.1, 0.15) is 18.4 Å². The standard InChI is InChI=1S/C19H27F2N3O2/c1-22(2)18(25)13-23-9-15-3-6-16(12-23)24(11-15)10-14-4-7-17(8-5-14)26-19(20)21/h4-5,7-8,15-16,19H,3,6,9-13H2,1-2H3/t15-,16+/m0/s1. The molecule has 1 amide bonds. The molecule has 0 spiro atoms. The Hall–Kier alpha value is -1.73. The molecule has 0 N–H and O–H groups in total. The molecule has 1 aromatic rings. The highest BCUT2D eigenvalue weighted by molar-refractivity contribution is 5.77. The lowest BCUT2D eigenvalue weighted by Crippen LogP contribution is -2.44. The fourth-order valence-corrected chi connectivity index (χ4v) is 3.94. The van der Waals surface area contributed by atoms with Crippen LogP contribution in [-0.2, 0) is 11.3 Å². The molecule has 1 aromatic carbocycles. The van der Waals surface area contributed by atoms with Crippen molar-refractivity contribution in [1.82, 2.24) is 14.7 Å². The quantitative estimate of drug-likeness (QED) is 0.773. The maximum absolute atomic E-state index is 12.3. The lowest BCUT2D eigenvalue weighted by atomic mass is 9.94. The molecule has 0 aliphatic carbocycles. The van der Waals surface area contributed by atoms with E-state index in [1.54, 1.807) is 31.1 Å². The van der Waals surface area contributed by atoms with E-state index in [4.69, 9.17) is 0 Å². The highest BCUT2D eigenvalue weighted by atomic mass is 19.3. The van der Waals surface area contributed by atoms with Gasteiger partial charge in [-0.15, -0.1) is 0 Å². The van der Waals surface area contributed by atoms with Crippen LogP contribution in [0.3, 0.4) is 0 Å². The number of halogens is 2. The number of carbonyl (C=O) groups is 1. The first kappa shape index (κ1) is 19.0. The molecule has 0 radical (unpaired) electrons. The third-order valence-corrected chi connectivity index (χ3v) is 5.29. The monoisotopic (exact) mass is 367 g/mol.